The van der Waals surface area contributed by atoms with Gasteiger partial charge in [-0.3, -0.25) is 14.7 Å². The van der Waals surface area contributed by atoms with E-state index in [9.17, 15) is 14.7 Å². The number of aliphatic hydroxyl groups excluding tert-OH is 1. The van der Waals surface area contributed by atoms with Crippen LogP contribution in [0.3, 0.4) is 0 Å². The first-order valence-corrected chi connectivity index (χ1v) is 9.49. The van der Waals surface area contributed by atoms with Crippen molar-refractivity contribution in [1.29, 1.82) is 0 Å². The molecule has 9 nitrogen and oxygen atoms in total. The maximum atomic E-state index is 12.6. The summed E-state index contributed by atoms with van der Waals surface area (Å²) in [6.45, 7) is -0.600. The normalized spacial score (nSPS) is 11.8. The van der Waals surface area contributed by atoms with Gasteiger partial charge in [0.25, 0.3) is 11.8 Å². The number of ether oxygens (including phenoxy) is 1. The van der Waals surface area contributed by atoms with Crippen LogP contribution in [-0.2, 0) is 4.79 Å². The van der Waals surface area contributed by atoms with Gasteiger partial charge in [0.15, 0.2) is 22.9 Å². The Balaban J connectivity index is 1.45. The Morgan fingerprint density at radius 1 is 1.16 bits per heavy atom. The molecule has 4 N–H and O–H groups in total. The number of H-pyrrole nitrogens is 1. The molecule has 0 saturated heterocycles. The third-order valence-corrected chi connectivity index (χ3v) is 4.67. The highest BCUT2D eigenvalue weighted by atomic mass is 16.5. The van der Waals surface area contributed by atoms with Gasteiger partial charge in [-0.25, -0.2) is 0 Å². The zero-order chi connectivity index (χ0) is 21.8. The zero-order valence-corrected chi connectivity index (χ0v) is 16.6. The van der Waals surface area contributed by atoms with E-state index in [0.29, 0.717) is 16.7 Å². The van der Waals surface area contributed by atoms with E-state index in [4.69, 9.17) is 9.15 Å². The van der Waals surface area contributed by atoms with Crippen LogP contribution >= 0.6 is 0 Å². The molecule has 4 rings (SSSR count). The average Bonchev–Trinajstić information content (AvgIpc) is 3.44. The van der Waals surface area contributed by atoms with Gasteiger partial charge in [-0.05, 0) is 17.7 Å². The molecule has 31 heavy (non-hydrogen) atoms. The highest BCUT2D eigenvalue weighted by Gasteiger charge is 2.24. The molecule has 0 aliphatic carbocycles. The Kier molecular flexibility index (Phi) is 5.67. The number of fused-ring (bicyclic) bond motifs is 1. The maximum Gasteiger partial charge on any atom is 0.287 e. The number of aromatic amines is 1. The number of carbonyl (C=O) groups is 2. The molecule has 0 saturated carbocycles. The Labute approximate surface area is 177 Å². The van der Waals surface area contributed by atoms with Crippen LogP contribution in [0.4, 0.5) is 5.82 Å². The molecule has 0 aliphatic heterocycles. The summed E-state index contributed by atoms with van der Waals surface area (Å²) < 4.78 is 10.8. The first-order valence-electron chi connectivity index (χ1n) is 9.49. The SMILES string of the molecule is COc1cccc2cc(C(=O)N[C@@H](CO)C(=O)Nc3cc(-c4ccccc4)[nH]n3)oc12. The molecule has 2 heterocycles. The summed E-state index contributed by atoms with van der Waals surface area (Å²) in [4.78, 5) is 25.1. The number of para-hydroxylation sites is 1. The number of benzene rings is 2. The van der Waals surface area contributed by atoms with Crippen LogP contribution in [0.2, 0.25) is 0 Å². The van der Waals surface area contributed by atoms with Crippen molar-refractivity contribution >= 4 is 28.6 Å². The van der Waals surface area contributed by atoms with Crippen LogP contribution in [0.1, 0.15) is 10.6 Å². The first kappa shape index (κ1) is 20.2. The van der Waals surface area contributed by atoms with Gasteiger partial charge in [0.2, 0.25) is 0 Å². The molecular weight excluding hydrogens is 400 g/mol. The molecule has 0 unspecified atom stereocenters. The van der Waals surface area contributed by atoms with E-state index in [-0.39, 0.29) is 11.6 Å². The summed E-state index contributed by atoms with van der Waals surface area (Å²) in [5, 5.41) is 22.2. The summed E-state index contributed by atoms with van der Waals surface area (Å²) in [7, 11) is 1.50. The maximum absolute atomic E-state index is 12.6. The van der Waals surface area contributed by atoms with E-state index >= 15 is 0 Å². The number of methoxy groups -OCH3 is 1. The van der Waals surface area contributed by atoms with Crippen molar-refractivity contribution < 1.29 is 23.8 Å². The van der Waals surface area contributed by atoms with Crippen molar-refractivity contribution in [3.8, 4) is 17.0 Å². The second kappa shape index (κ2) is 8.72. The number of anilines is 1. The first-order chi connectivity index (χ1) is 15.1. The minimum absolute atomic E-state index is 0.00289. The molecule has 9 heteroatoms. The summed E-state index contributed by atoms with van der Waals surface area (Å²) >= 11 is 0. The molecular formula is C22H20N4O5. The Bertz CT molecular complexity index is 1220. The zero-order valence-electron chi connectivity index (χ0n) is 16.6. The van der Waals surface area contributed by atoms with Crippen molar-refractivity contribution in [2.24, 2.45) is 0 Å². The molecule has 0 fully saturated rings. The van der Waals surface area contributed by atoms with Crippen LogP contribution in [0.25, 0.3) is 22.2 Å². The number of aromatic nitrogens is 2. The number of amides is 2. The number of carbonyl (C=O) groups excluding carboxylic acids is 2. The minimum atomic E-state index is -1.19. The molecule has 2 aromatic carbocycles. The molecule has 158 valence electrons. The highest BCUT2D eigenvalue weighted by molar-refractivity contribution is 6.02. The van der Waals surface area contributed by atoms with Gasteiger partial charge in [-0.15, -0.1) is 0 Å². The van der Waals surface area contributed by atoms with Crippen LogP contribution in [0, 0.1) is 0 Å². The Hall–Kier alpha value is -4.11. The van der Waals surface area contributed by atoms with Gasteiger partial charge >= 0.3 is 0 Å². The third-order valence-electron chi connectivity index (χ3n) is 4.67. The fraction of sp³-hybridized carbons (Fsp3) is 0.136. The molecule has 2 aromatic heterocycles. The number of hydrogen-bond acceptors (Lipinski definition) is 6. The molecule has 4 aromatic rings. The van der Waals surface area contributed by atoms with Crippen LogP contribution in [0.5, 0.6) is 5.75 Å². The highest BCUT2D eigenvalue weighted by Crippen LogP contribution is 2.28. The number of nitrogens with zero attached hydrogens (tertiary/aromatic N) is 1. The lowest BCUT2D eigenvalue weighted by Gasteiger charge is -2.14. The largest absolute Gasteiger partial charge is 0.493 e. The lowest BCUT2D eigenvalue weighted by atomic mass is 10.1. The number of hydrogen-bond donors (Lipinski definition) is 4. The summed E-state index contributed by atoms with van der Waals surface area (Å²) in [5.74, 6) is -0.502. The smallest absolute Gasteiger partial charge is 0.287 e. The topological polar surface area (TPSA) is 129 Å². The number of aliphatic hydroxyl groups is 1. The van der Waals surface area contributed by atoms with E-state index in [1.54, 1.807) is 30.3 Å². The van der Waals surface area contributed by atoms with Crippen molar-refractivity contribution in [1.82, 2.24) is 15.5 Å². The van der Waals surface area contributed by atoms with Crippen LogP contribution < -0.4 is 15.4 Å². The molecule has 0 aliphatic rings. The standard InChI is InChI=1S/C22H20N4O5/c1-30-17-9-5-8-14-10-18(31-20(14)17)22(29)23-16(12-27)21(28)24-19-11-15(25-26-19)13-6-3-2-4-7-13/h2-11,16,27H,12H2,1H3,(H,23,29)(H2,24,25,26,28)/t16-/m0/s1. The van der Waals surface area contributed by atoms with Gasteiger partial charge in [0.1, 0.15) is 6.04 Å². The summed E-state index contributed by atoms with van der Waals surface area (Å²) in [6.07, 6.45) is 0. The monoisotopic (exact) mass is 420 g/mol. The Morgan fingerprint density at radius 3 is 2.71 bits per heavy atom. The second-order valence-electron chi connectivity index (χ2n) is 6.72. The van der Waals surface area contributed by atoms with Crippen molar-refractivity contribution in [2.75, 3.05) is 19.0 Å². The molecule has 0 spiro atoms. The predicted molar refractivity (Wildman–Crippen MR) is 114 cm³/mol. The van der Waals surface area contributed by atoms with Gasteiger partial charge in [0, 0.05) is 11.5 Å². The van der Waals surface area contributed by atoms with Crippen LogP contribution in [-0.4, -0.2) is 46.9 Å². The molecule has 0 bridgehead atoms. The van der Waals surface area contributed by atoms with Gasteiger partial charge in [-0.2, -0.15) is 5.10 Å². The quantitative estimate of drug-likeness (QED) is 0.364. The number of nitrogens with one attached hydrogen (secondary N) is 3. The summed E-state index contributed by atoms with van der Waals surface area (Å²) in [5.41, 5.74) is 2.05. The van der Waals surface area contributed by atoms with Crippen molar-refractivity contribution in [3.63, 3.8) is 0 Å². The molecule has 0 radical (unpaired) electrons. The fourth-order valence-electron chi connectivity index (χ4n) is 3.10. The van der Waals surface area contributed by atoms with Gasteiger partial charge < -0.3 is 24.9 Å². The number of rotatable bonds is 7. The Morgan fingerprint density at radius 2 is 1.97 bits per heavy atom. The van der Waals surface area contributed by atoms with Gasteiger partial charge in [0.05, 0.1) is 19.4 Å². The van der Waals surface area contributed by atoms with Crippen LogP contribution in [0.15, 0.2) is 65.1 Å². The van der Waals surface area contributed by atoms with E-state index in [1.807, 2.05) is 30.3 Å². The summed E-state index contributed by atoms with van der Waals surface area (Å²) in [6, 6.07) is 16.7. The lowest BCUT2D eigenvalue weighted by Crippen LogP contribution is -2.46. The molecule has 2 amide bonds. The number of furan rings is 1. The van der Waals surface area contributed by atoms with E-state index in [2.05, 4.69) is 20.8 Å². The lowest BCUT2D eigenvalue weighted by molar-refractivity contribution is -0.118. The minimum Gasteiger partial charge on any atom is -0.493 e. The van der Waals surface area contributed by atoms with E-state index in [1.165, 1.54) is 7.11 Å². The fourth-order valence-corrected chi connectivity index (χ4v) is 3.10. The average molecular weight is 420 g/mol. The van der Waals surface area contributed by atoms with E-state index < -0.39 is 24.5 Å². The van der Waals surface area contributed by atoms with E-state index in [0.717, 1.165) is 11.3 Å². The third kappa shape index (κ3) is 4.26. The second-order valence-corrected chi connectivity index (χ2v) is 6.72. The predicted octanol–water partition coefficient (Wildman–Crippen LogP) is 2.56. The van der Waals surface area contributed by atoms with Crippen molar-refractivity contribution in [2.45, 2.75) is 6.04 Å². The van der Waals surface area contributed by atoms with Gasteiger partial charge in [-0.1, -0.05) is 42.5 Å². The molecule has 1 atom stereocenters. The van der Waals surface area contributed by atoms with Crippen molar-refractivity contribution in [3.05, 3.63) is 66.4 Å².